The summed E-state index contributed by atoms with van der Waals surface area (Å²) in [5.74, 6) is 1.79. The third-order valence-electron chi connectivity index (χ3n) is 7.11. The molecule has 1 aliphatic carbocycles. The summed E-state index contributed by atoms with van der Waals surface area (Å²) in [5.41, 5.74) is 7.60. The van der Waals surface area contributed by atoms with Crippen molar-refractivity contribution in [2.45, 2.75) is 58.9 Å². The van der Waals surface area contributed by atoms with Crippen molar-refractivity contribution in [3.63, 3.8) is 0 Å². The highest BCUT2D eigenvalue weighted by Crippen LogP contribution is 2.32. The van der Waals surface area contributed by atoms with Gasteiger partial charge in [0.25, 0.3) is 0 Å². The van der Waals surface area contributed by atoms with Crippen molar-refractivity contribution in [2.24, 2.45) is 5.92 Å². The fraction of sp³-hybridized carbons (Fsp3) is 0.433. The predicted octanol–water partition coefficient (Wildman–Crippen LogP) is 6.73. The molecule has 1 aliphatic rings. The molecule has 3 aromatic rings. The van der Waals surface area contributed by atoms with E-state index in [4.69, 9.17) is 9.72 Å². The minimum atomic E-state index is 0.836. The Labute approximate surface area is 199 Å². The van der Waals surface area contributed by atoms with E-state index in [-0.39, 0.29) is 0 Å². The Hall–Kier alpha value is -2.65. The van der Waals surface area contributed by atoms with Gasteiger partial charge in [-0.2, -0.15) is 0 Å². The minimum absolute atomic E-state index is 0.836. The van der Waals surface area contributed by atoms with E-state index in [9.17, 15) is 0 Å². The van der Waals surface area contributed by atoms with Crippen LogP contribution >= 0.6 is 0 Å². The lowest BCUT2D eigenvalue weighted by Crippen LogP contribution is -2.34. The molecule has 1 heterocycles. The predicted molar refractivity (Wildman–Crippen MR) is 138 cm³/mol. The molecular weight excluding hydrogens is 404 g/mol. The van der Waals surface area contributed by atoms with Crippen LogP contribution in [-0.2, 0) is 25.8 Å². The highest BCUT2D eigenvalue weighted by molar-refractivity contribution is 5.69. The van der Waals surface area contributed by atoms with Gasteiger partial charge in [0, 0.05) is 43.0 Å². The van der Waals surface area contributed by atoms with Gasteiger partial charge in [0.2, 0.25) is 0 Å². The molecule has 33 heavy (non-hydrogen) atoms. The summed E-state index contributed by atoms with van der Waals surface area (Å²) in [6.07, 6.45) is 9.25. The lowest BCUT2D eigenvalue weighted by atomic mass is 9.85. The van der Waals surface area contributed by atoms with Crippen LogP contribution in [0.5, 0.6) is 5.75 Å². The molecule has 0 atom stereocenters. The van der Waals surface area contributed by atoms with Crippen LogP contribution in [0.1, 0.15) is 55.4 Å². The number of benzene rings is 2. The molecule has 174 valence electrons. The van der Waals surface area contributed by atoms with E-state index in [0.29, 0.717) is 0 Å². The van der Waals surface area contributed by atoms with Gasteiger partial charge < -0.3 is 4.74 Å². The number of aryl methyl sites for hydroxylation is 2. The highest BCUT2D eigenvalue weighted by Gasteiger charge is 2.22. The van der Waals surface area contributed by atoms with Crippen LogP contribution < -0.4 is 4.74 Å². The number of rotatable bonds is 11. The van der Waals surface area contributed by atoms with Crippen LogP contribution in [0.3, 0.4) is 0 Å². The average molecular weight is 443 g/mol. The van der Waals surface area contributed by atoms with Gasteiger partial charge in [0.15, 0.2) is 0 Å². The van der Waals surface area contributed by atoms with Crippen molar-refractivity contribution in [1.29, 1.82) is 0 Å². The monoisotopic (exact) mass is 442 g/mol. The van der Waals surface area contributed by atoms with Gasteiger partial charge in [-0.25, -0.2) is 0 Å². The topological polar surface area (TPSA) is 25.4 Å². The van der Waals surface area contributed by atoms with E-state index >= 15 is 0 Å². The van der Waals surface area contributed by atoms with Gasteiger partial charge in [-0.05, 0) is 54.7 Å². The Bertz CT molecular complexity index is 1000. The number of methoxy groups -OCH3 is 1. The second-order valence-corrected chi connectivity index (χ2v) is 9.31. The Balaban J connectivity index is 1.56. The molecule has 0 bridgehead atoms. The SMILES string of the molecule is CCc1cccc(CC)c1-c1cc(OC)c(CN(CCc2ccccc2)CC2CCC2)cn1. The van der Waals surface area contributed by atoms with Gasteiger partial charge in [-0.1, -0.05) is 68.8 Å². The van der Waals surface area contributed by atoms with E-state index in [1.165, 1.54) is 47.1 Å². The van der Waals surface area contributed by atoms with Crippen molar-refractivity contribution in [3.8, 4) is 17.0 Å². The zero-order valence-electron chi connectivity index (χ0n) is 20.5. The zero-order valence-corrected chi connectivity index (χ0v) is 20.5. The van der Waals surface area contributed by atoms with Crippen LogP contribution in [-0.4, -0.2) is 30.1 Å². The third-order valence-corrected chi connectivity index (χ3v) is 7.11. The number of ether oxygens (including phenoxy) is 1. The van der Waals surface area contributed by atoms with Gasteiger partial charge in [-0.15, -0.1) is 0 Å². The first-order valence-electron chi connectivity index (χ1n) is 12.6. The van der Waals surface area contributed by atoms with Crippen molar-refractivity contribution in [3.05, 3.63) is 83.0 Å². The maximum atomic E-state index is 5.90. The van der Waals surface area contributed by atoms with Crippen molar-refractivity contribution in [1.82, 2.24) is 9.88 Å². The zero-order chi connectivity index (χ0) is 23.0. The Morgan fingerprint density at radius 1 is 0.939 bits per heavy atom. The summed E-state index contributed by atoms with van der Waals surface area (Å²) in [7, 11) is 1.79. The number of aromatic nitrogens is 1. The Morgan fingerprint density at radius 2 is 1.67 bits per heavy atom. The van der Waals surface area contributed by atoms with Gasteiger partial charge in [0.1, 0.15) is 5.75 Å². The van der Waals surface area contributed by atoms with E-state index < -0.39 is 0 Å². The molecule has 1 aromatic heterocycles. The standard InChI is InChI=1S/C30H38N2O/c1-4-25-15-10-16-26(5-2)30(25)28-19-29(33-3)27(20-31-28)22-32(21-24-13-9-14-24)18-17-23-11-7-6-8-12-23/h6-8,10-12,15-16,19-20,24H,4-5,9,13-14,17-18,21-22H2,1-3H3. The maximum absolute atomic E-state index is 5.90. The number of hydrogen-bond donors (Lipinski definition) is 0. The number of pyridine rings is 1. The maximum Gasteiger partial charge on any atom is 0.127 e. The molecule has 0 radical (unpaired) electrons. The molecule has 4 rings (SSSR count). The molecule has 2 aromatic carbocycles. The summed E-state index contributed by atoms with van der Waals surface area (Å²) in [6.45, 7) is 7.54. The van der Waals surface area contributed by atoms with Crippen LogP contribution in [0, 0.1) is 5.92 Å². The molecular formula is C30H38N2O. The number of hydrogen-bond acceptors (Lipinski definition) is 3. The largest absolute Gasteiger partial charge is 0.496 e. The molecule has 0 spiro atoms. The summed E-state index contributed by atoms with van der Waals surface area (Å²) in [5, 5.41) is 0. The fourth-order valence-electron chi connectivity index (χ4n) is 4.93. The fourth-order valence-corrected chi connectivity index (χ4v) is 4.93. The van der Waals surface area contributed by atoms with Crippen LogP contribution in [0.15, 0.2) is 60.8 Å². The van der Waals surface area contributed by atoms with Crippen LogP contribution in [0.25, 0.3) is 11.3 Å². The first-order chi connectivity index (χ1) is 16.2. The van der Waals surface area contributed by atoms with Crippen molar-refractivity contribution >= 4 is 0 Å². The van der Waals surface area contributed by atoms with Gasteiger partial charge in [0.05, 0.1) is 12.8 Å². The van der Waals surface area contributed by atoms with Crippen molar-refractivity contribution in [2.75, 3.05) is 20.2 Å². The van der Waals surface area contributed by atoms with Crippen molar-refractivity contribution < 1.29 is 4.74 Å². The van der Waals surface area contributed by atoms with Crippen LogP contribution in [0.2, 0.25) is 0 Å². The third kappa shape index (κ3) is 5.83. The molecule has 0 N–H and O–H groups in total. The second kappa shape index (κ2) is 11.5. The minimum Gasteiger partial charge on any atom is -0.496 e. The van der Waals surface area contributed by atoms with E-state index in [0.717, 1.165) is 56.3 Å². The lowest BCUT2D eigenvalue weighted by Gasteiger charge is -2.32. The smallest absolute Gasteiger partial charge is 0.127 e. The Morgan fingerprint density at radius 3 is 2.27 bits per heavy atom. The molecule has 0 saturated heterocycles. The lowest BCUT2D eigenvalue weighted by molar-refractivity contribution is 0.171. The summed E-state index contributed by atoms with van der Waals surface area (Å²) in [4.78, 5) is 7.56. The highest BCUT2D eigenvalue weighted by atomic mass is 16.5. The van der Waals surface area contributed by atoms with Crippen LogP contribution in [0.4, 0.5) is 0 Å². The van der Waals surface area contributed by atoms with Gasteiger partial charge >= 0.3 is 0 Å². The molecule has 0 aliphatic heterocycles. The first kappa shape index (κ1) is 23.5. The summed E-state index contributed by atoms with van der Waals surface area (Å²) in [6, 6.07) is 19.6. The van der Waals surface area contributed by atoms with E-state index in [1.807, 2.05) is 0 Å². The van der Waals surface area contributed by atoms with E-state index in [1.54, 1.807) is 7.11 Å². The van der Waals surface area contributed by atoms with E-state index in [2.05, 4.69) is 79.5 Å². The normalized spacial score (nSPS) is 13.8. The molecule has 3 nitrogen and oxygen atoms in total. The molecule has 1 fully saturated rings. The second-order valence-electron chi connectivity index (χ2n) is 9.31. The molecule has 0 amide bonds. The summed E-state index contributed by atoms with van der Waals surface area (Å²) < 4.78 is 5.90. The quantitative estimate of drug-likeness (QED) is 0.329. The molecule has 3 heteroatoms. The summed E-state index contributed by atoms with van der Waals surface area (Å²) >= 11 is 0. The Kier molecular flexibility index (Phi) is 8.17. The molecule has 1 saturated carbocycles. The molecule has 0 unspecified atom stereocenters. The first-order valence-corrected chi connectivity index (χ1v) is 12.6. The average Bonchev–Trinajstić information content (AvgIpc) is 2.84. The number of nitrogens with zero attached hydrogens (tertiary/aromatic N) is 2. The van der Waals surface area contributed by atoms with Gasteiger partial charge in [-0.3, -0.25) is 9.88 Å².